The number of amides is 2. The van der Waals surface area contributed by atoms with E-state index in [4.69, 9.17) is 4.74 Å². The molecule has 0 N–H and O–H groups in total. The molecule has 0 atom stereocenters. The second-order valence-corrected chi connectivity index (χ2v) is 10.7. The Balaban J connectivity index is 1.47. The molecule has 2 aromatic rings. The van der Waals surface area contributed by atoms with Crippen LogP contribution in [0.1, 0.15) is 43.2 Å². The lowest BCUT2D eigenvalue weighted by Crippen LogP contribution is -2.34. The minimum absolute atomic E-state index is 0.0866. The SMILES string of the molecule is O=C1S/C(=C/c2cc(Br)c(OCc3ccccc3F)c(Br)c2)C(=O)N1CC1CCCCC1. The van der Waals surface area contributed by atoms with Crippen molar-refractivity contribution in [1.29, 1.82) is 0 Å². The quantitative estimate of drug-likeness (QED) is 0.330. The normalized spacial score (nSPS) is 18.6. The van der Waals surface area contributed by atoms with Crippen molar-refractivity contribution in [1.82, 2.24) is 4.90 Å². The lowest BCUT2D eigenvalue weighted by atomic mass is 9.89. The van der Waals surface area contributed by atoms with Crippen molar-refractivity contribution in [3.8, 4) is 5.75 Å². The molecule has 168 valence electrons. The number of hydrogen-bond donors (Lipinski definition) is 0. The first-order valence-corrected chi connectivity index (χ1v) is 12.9. The predicted octanol–water partition coefficient (Wildman–Crippen LogP) is 7.55. The smallest absolute Gasteiger partial charge is 0.293 e. The maximum atomic E-state index is 13.9. The Labute approximate surface area is 207 Å². The van der Waals surface area contributed by atoms with Crippen LogP contribution in [0.25, 0.3) is 6.08 Å². The third kappa shape index (κ3) is 5.46. The van der Waals surface area contributed by atoms with Crippen LogP contribution >= 0.6 is 43.6 Å². The molecule has 2 fully saturated rings. The third-order valence-corrected chi connectivity index (χ3v) is 7.77. The van der Waals surface area contributed by atoms with Crippen LogP contribution < -0.4 is 4.74 Å². The van der Waals surface area contributed by atoms with Crippen molar-refractivity contribution in [2.75, 3.05) is 6.54 Å². The minimum atomic E-state index is -0.319. The van der Waals surface area contributed by atoms with E-state index in [1.54, 1.807) is 24.3 Å². The summed E-state index contributed by atoms with van der Waals surface area (Å²) in [6, 6.07) is 10.1. The average molecular weight is 583 g/mol. The average Bonchev–Trinajstić information content (AvgIpc) is 3.02. The van der Waals surface area contributed by atoms with Crippen molar-refractivity contribution in [3.05, 3.63) is 67.2 Å². The van der Waals surface area contributed by atoms with E-state index in [1.807, 2.05) is 12.1 Å². The van der Waals surface area contributed by atoms with E-state index in [0.29, 0.717) is 37.6 Å². The summed E-state index contributed by atoms with van der Waals surface area (Å²) in [5.74, 6) is 0.402. The Bertz CT molecular complexity index is 1050. The number of halogens is 3. The first kappa shape index (κ1) is 23.5. The first-order valence-electron chi connectivity index (χ1n) is 10.5. The van der Waals surface area contributed by atoms with E-state index < -0.39 is 0 Å². The third-order valence-electron chi connectivity index (χ3n) is 5.69. The van der Waals surface area contributed by atoms with E-state index in [9.17, 15) is 14.0 Å². The molecule has 4 rings (SSSR count). The highest BCUT2D eigenvalue weighted by Gasteiger charge is 2.36. The molecule has 0 radical (unpaired) electrons. The second kappa shape index (κ2) is 10.5. The van der Waals surface area contributed by atoms with Gasteiger partial charge in [-0.1, -0.05) is 37.5 Å². The van der Waals surface area contributed by atoms with Crippen LogP contribution in [0.15, 0.2) is 50.2 Å². The van der Waals surface area contributed by atoms with Gasteiger partial charge in [-0.2, -0.15) is 0 Å². The largest absolute Gasteiger partial charge is 0.486 e. The van der Waals surface area contributed by atoms with Gasteiger partial charge in [0, 0.05) is 12.1 Å². The number of nitrogens with zero attached hydrogens (tertiary/aromatic N) is 1. The number of carbonyl (C=O) groups is 2. The Hall–Kier alpha value is -1.64. The Kier molecular flexibility index (Phi) is 7.74. The molecule has 0 aromatic heterocycles. The van der Waals surface area contributed by atoms with Crippen LogP contribution in [0.5, 0.6) is 5.75 Å². The molecule has 1 saturated heterocycles. The van der Waals surface area contributed by atoms with Crippen LogP contribution in [-0.2, 0) is 11.4 Å². The molecule has 0 spiro atoms. The molecule has 0 bridgehead atoms. The van der Waals surface area contributed by atoms with Crippen LogP contribution in [-0.4, -0.2) is 22.6 Å². The van der Waals surface area contributed by atoms with Crippen LogP contribution in [0, 0.1) is 11.7 Å². The standard InChI is InChI=1S/C24H22Br2FNO3S/c25-18-10-16(11-19(26)22(18)31-14-17-8-4-5-9-20(17)27)12-21-23(29)28(24(30)32-21)13-15-6-2-1-3-7-15/h4-5,8-12,15H,1-3,6-7,13-14H2/b21-12+. The number of imide groups is 1. The molecule has 1 heterocycles. The Morgan fingerprint density at radius 3 is 2.47 bits per heavy atom. The first-order chi connectivity index (χ1) is 15.4. The maximum Gasteiger partial charge on any atom is 0.293 e. The lowest BCUT2D eigenvalue weighted by Gasteiger charge is -2.25. The fourth-order valence-electron chi connectivity index (χ4n) is 4.00. The molecule has 2 aromatic carbocycles. The van der Waals surface area contributed by atoms with Crippen molar-refractivity contribution in [3.63, 3.8) is 0 Å². The van der Waals surface area contributed by atoms with E-state index in [0.717, 1.165) is 30.2 Å². The van der Waals surface area contributed by atoms with Gasteiger partial charge in [0.15, 0.2) is 0 Å². The number of thioether (sulfide) groups is 1. The molecular weight excluding hydrogens is 561 g/mol. The van der Waals surface area contributed by atoms with E-state index in [2.05, 4.69) is 31.9 Å². The van der Waals surface area contributed by atoms with Crippen molar-refractivity contribution < 1.29 is 18.7 Å². The number of hydrogen-bond acceptors (Lipinski definition) is 4. The minimum Gasteiger partial charge on any atom is -0.486 e. The highest BCUT2D eigenvalue weighted by atomic mass is 79.9. The van der Waals surface area contributed by atoms with E-state index in [1.165, 1.54) is 30.2 Å². The predicted molar refractivity (Wildman–Crippen MR) is 132 cm³/mol. The van der Waals surface area contributed by atoms with E-state index >= 15 is 0 Å². The molecule has 1 aliphatic heterocycles. The summed E-state index contributed by atoms with van der Waals surface area (Å²) in [6.07, 6.45) is 7.46. The number of ether oxygens (including phenoxy) is 1. The van der Waals surface area contributed by atoms with Crippen LogP contribution in [0.3, 0.4) is 0 Å². The lowest BCUT2D eigenvalue weighted by molar-refractivity contribution is -0.123. The summed E-state index contributed by atoms with van der Waals surface area (Å²) in [5, 5.41) is -0.199. The highest BCUT2D eigenvalue weighted by Crippen LogP contribution is 2.39. The molecular formula is C24H22Br2FNO3S. The van der Waals surface area contributed by atoms with Crippen LogP contribution in [0.4, 0.5) is 9.18 Å². The van der Waals surface area contributed by atoms with Gasteiger partial charge in [-0.15, -0.1) is 0 Å². The molecule has 32 heavy (non-hydrogen) atoms. The molecule has 8 heteroatoms. The van der Waals surface area contributed by atoms with Crippen molar-refractivity contribution >= 4 is 60.8 Å². The molecule has 2 aliphatic rings. The summed E-state index contributed by atoms with van der Waals surface area (Å²) in [4.78, 5) is 27.1. The molecule has 4 nitrogen and oxygen atoms in total. The number of benzene rings is 2. The van der Waals surface area contributed by atoms with Gasteiger partial charge in [0.05, 0.1) is 13.9 Å². The van der Waals surface area contributed by atoms with Gasteiger partial charge < -0.3 is 4.74 Å². The van der Waals surface area contributed by atoms with Gasteiger partial charge in [-0.05, 0) is 92.2 Å². The van der Waals surface area contributed by atoms with E-state index in [-0.39, 0.29) is 23.6 Å². The molecule has 1 aliphatic carbocycles. The maximum absolute atomic E-state index is 13.9. The summed E-state index contributed by atoms with van der Waals surface area (Å²) < 4.78 is 21.0. The van der Waals surface area contributed by atoms with Crippen LogP contribution in [0.2, 0.25) is 0 Å². The van der Waals surface area contributed by atoms with Gasteiger partial charge in [-0.3, -0.25) is 14.5 Å². The highest BCUT2D eigenvalue weighted by molar-refractivity contribution is 9.11. The fraction of sp³-hybridized carbons (Fsp3) is 0.333. The summed E-state index contributed by atoms with van der Waals surface area (Å²) in [7, 11) is 0. The van der Waals surface area contributed by atoms with Gasteiger partial charge in [0.25, 0.3) is 11.1 Å². The second-order valence-electron chi connectivity index (χ2n) is 7.99. The van der Waals surface area contributed by atoms with Crippen molar-refractivity contribution in [2.45, 2.75) is 38.7 Å². The van der Waals surface area contributed by atoms with Gasteiger partial charge in [-0.25, -0.2) is 4.39 Å². The zero-order valence-electron chi connectivity index (χ0n) is 17.3. The summed E-state index contributed by atoms with van der Waals surface area (Å²) in [6.45, 7) is 0.599. The summed E-state index contributed by atoms with van der Waals surface area (Å²) >= 11 is 7.98. The number of rotatable bonds is 6. The monoisotopic (exact) mass is 581 g/mol. The summed E-state index contributed by atoms with van der Waals surface area (Å²) in [5.41, 5.74) is 1.21. The zero-order valence-corrected chi connectivity index (χ0v) is 21.3. The molecule has 2 amide bonds. The van der Waals surface area contributed by atoms with Gasteiger partial charge >= 0.3 is 0 Å². The van der Waals surface area contributed by atoms with Gasteiger partial charge in [0.2, 0.25) is 0 Å². The Morgan fingerprint density at radius 2 is 1.78 bits per heavy atom. The van der Waals surface area contributed by atoms with Crippen molar-refractivity contribution in [2.24, 2.45) is 5.92 Å². The fourth-order valence-corrected chi connectivity index (χ4v) is 6.30. The molecule has 0 unspecified atom stereocenters. The number of carbonyl (C=O) groups excluding carboxylic acids is 2. The topological polar surface area (TPSA) is 46.6 Å². The zero-order chi connectivity index (χ0) is 22.7. The molecule has 1 saturated carbocycles. The van der Waals surface area contributed by atoms with Gasteiger partial charge in [0.1, 0.15) is 18.2 Å². The Morgan fingerprint density at radius 1 is 1.09 bits per heavy atom.